The molecule has 5 saturated heterocycles. The van der Waals surface area contributed by atoms with Gasteiger partial charge in [-0.05, 0) is 65.1 Å². The summed E-state index contributed by atoms with van der Waals surface area (Å²) in [6.45, 7) is 8.42. The maximum atomic E-state index is 13.1. The van der Waals surface area contributed by atoms with Crippen LogP contribution in [0.25, 0.3) is 0 Å². The largest absolute Gasteiger partial charge is 0.353 e. The van der Waals surface area contributed by atoms with Crippen molar-refractivity contribution in [3.8, 4) is 0 Å². The Kier molecular flexibility index (Phi) is 8.60. The number of carbonyl (C=O) groups is 2. The fourth-order valence-corrected chi connectivity index (χ4v) is 7.09. The van der Waals surface area contributed by atoms with Crippen molar-refractivity contribution in [2.24, 2.45) is 0 Å². The van der Waals surface area contributed by atoms with Crippen molar-refractivity contribution in [1.82, 2.24) is 35.6 Å². The van der Waals surface area contributed by atoms with Gasteiger partial charge in [-0.1, -0.05) is 6.42 Å². The van der Waals surface area contributed by atoms with Gasteiger partial charge in [-0.3, -0.25) is 24.3 Å². The van der Waals surface area contributed by atoms with Crippen LogP contribution in [-0.4, -0.2) is 128 Å². The summed E-state index contributed by atoms with van der Waals surface area (Å²) in [5.74, 6) is 0.453. The summed E-state index contributed by atoms with van der Waals surface area (Å²) in [5.41, 5.74) is 0. The van der Waals surface area contributed by atoms with E-state index in [1.165, 1.54) is 38.5 Å². The maximum Gasteiger partial charge on any atom is 0.239 e. The summed E-state index contributed by atoms with van der Waals surface area (Å²) in [4.78, 5) is 35.6. The van der Waals surface area contributed by atoms with Crippen LogP contribution in [-0.2, 0) is 9.59 Å². The Hall–Kier alpha value is -1.26. The third-order valence-corrected chi connectivity index (χ3v) is 9.30. The molecule has 3 N–H and O–H groups in total. The zero-order chi connectivity index (χ0) is 24.2. The van der Waals surface area contributed by atoms with Crippen LogP contribution >= 0.6 is 0 Å². The standard InChI is InChI=1S/C26H47N7O2/c1-30-21(8-9-24(34)32-16-14-31(15-17-32)23-7-3-5-12-28-23)18-29-26(35)25-22(30)10-13-33(25)19-20-6-2-4-11-27-20/h20-23,25,27-28H,2-19H2,1H3,(H,29,35)/t20?,21-,22-,23?,25-/m0/s1. The van der Waals surface area contributed by atoms with E-state index >= 15 is 0 Å². The normalized spacial score (nSPS) is 36.0. The highest BCUT2D eigenvalue weighted by Crippen LogP contribution is 2.28. The van der Waals surface area contributed by atoms with Gasteiger partial charge in [0.25, 0.3) is 0 Å². The summed E-state index contributed by atoms with van der Waals surface area (Å²) >= 11 is 0. The van der Waals surface area contributed by atoms with E-state index in [9.17, 15) is 9.59 Å². The number of carbonyl (C=O) groups excluding carboxylic acids is 2. The van der Waals surface area contributed by atoms with Crippen molar-refractivity contribution < 1.29 is 9.59 Å². The van der Waals surface area contributed by atoms with E-state index in [-0.39, 0.29) is 29.9 Å². The van der Waals surface area contributed by atoms with Crippen LogP contribution in [0.3, 0.4) is 0 Å². The molecule has 5 aliphatic heterocycles. The molecule has 0 saturated carbocycles. The van der Waals surface area contributed by atoms with Crippen molar-refractivity contribution in [3.63, 3.8) is 0 Å². The number of fused-ring (bicyclic) bond motifs is 1. The molecule has 0 aliphatic carbocycles. The van der Waals surface area contributed by atoms with Crippen LogP contribution in [0.15, 0.2) is 0 Å². The van der Waals surface area contributed by atoms with Gasteiger partial charge in [0.05, 0.1) is 6.17 Å². The zero-order valence-corrected chi connectivity index (χ0v) is 21.7. The zero-order valence-electron chi connectivity index (χ0n) is 21.7. The lowest BCUT2D eigenvalue weighted by molar-refractivity contribution is -0.134. The van der Waals surface area contributed by atoms with Gasteiger partial charge >= 0.3 is 0 Å². The first-order chi connectivity index (χ1) is 17.1. The van der Waals surface area contributed by atoms with Gasteiger partial charge in [-0.15, -0.1) is 0 Å². The Balaban J connectivity index is 1.10. The van der Waals surface area contributed by atoms with Crippen LogP contribution in [0.1, 0.15) is 57.8 Å². The van der Waals surface area contributed by atoms with Crippen LogP contribution in [0, 0.1) is 0 Å². The SMILES string of the molecule is CN1[C@@H](CCC(=O)N2CCN(C3CCCCN3)CC2)CNC(=O)[C@@H]2[C@@H]1CCN2CC1CCCCN1. The number of rotatable bonds is 6. The minimum Gasteiger partial charge on any atom is -0.353 e. The predicted molar refractivity (Wildman–Crippen MR) is 137 cm³/mol. The van der Waals surface area contributed by atoms with Gasteiger partial charge < -0.3 is 20.9 Å². The molecular formula is C26H47N7O2. The summed E-state index contributed by atoms with van der Waals surface area (Å²) < 4.78 is 0. The topological polar surface area (TPSA) is 83.2 Å². The lowest BCUT2D eigenvalue weighted by Crippen LogP contribution is -2.56. The molecule has 5 fully saturated rings. The summed E-state index contributed by atoms with van der Waals surface area (Å²) in [6, 6.07) is 0.906. The predicted octanol–water partition coefficient (Wildman–Crippen LogP) is 0.0256. The van der Waals surface area contributed by atoms with E-state index in [0.717, 1.165) is 65.2 Å². The van der Waals surface area contributed by atoms with E-state index in [0.29, 0.717) is 25.2 Å². The van der Waals surface area contributed by atoms with E-state index in [1.54, 1.807) is 0 Å². The Morgan fingerprint density at radius 2 is 1.71 bits per heavy atom. The highest BCUT2D eigenvalue weighted by molar-refractivity contribution is 5.83. The second kappa shape index (κ2) is 11.9. The molecule has 0 aromatic rings. The Morgan fingerprint density at radius 3 is 2.43 bits per heavy atom. The monoisotopic (exact) mass is 489 g/mol. The van der Waals surface area contributed by atoms with E-state index in [1.807, 2.05) is 0 Å². The average Bonchev–Trinajstić information content (AvgIpc) is 3.27. The van der Waals surface area contributed by atoms with Gasteiger partial charge in [-0.25, -0.2) is 0 Å². The third kappa shape index (κ3) is 6.01. The highest BCUT2D eigenvalue weighted by atomic mass is 16.2. The summed E-state index contributed by atoms with van der Waals surface area (Å²) in [7, 11) is 2.17. The van der Waals surface area contributed by atoms with Gasteiger partial charge in [0.15, 0.2) is 0 Å². The van der Waals surface area contributed by atoms with Crippen LogP contribution in [0.2, 0.25) is 0 Å². The average molecular weight is 490 g/mol. The van der Waals surface area contributed by atoms with Gasteiger partial charge in [0.1, 0.15) is 6.04 Å². The van der Waals surface area contributed by atoms with Gasteiger partial charge in [-0.2, -0.15) is 0 Å². The Labute approximate surface area is 211 Å². The molecule has 0 aromatic carbocycles. The minimum atomic E-state index is -0.0640. The summed E-state index contributed by atoms with van der Waals surface area (Å²) in [6.07, 6.45) is 10.5. The van der Waals surface area contributed by atoms with Crippen molar-refractivity contribution in [2.75, 3.05) is 66.0 Å². The molecule has 2 amide bonds. The number of piperidine rings is 2. The van der Waals surface area contributed by atoms with E-state index < -0.39 is 0 Å². The fraction of sp³-hybridized carbons (Fsp3) is 0.923. The first-order valence-electron chi connectivity index (χ1n) is 14.3. The van der Waals surface area contributed by atoms with Crippen molar-refractivity contribution in [2.45, 2.75) is 88.1 Å². The molecule has 5 rings (SSSR count). The minimum absolute atomic E-state index is 0.0640. The fourth-order valence-electron chi connectivity index (χ4n) is 7.09. The lowest BCUT2D eigenvalue weighted by atomic mass is 10.0. The third-order valence-electron chi connectivity index (χ3n) is 9.30. The number of hydrogen-bond donors (Lipinski definition) is 3. The smallest absolute Gasteiger partial charge is 0.239 e. The van der Waals surface area contributed by atoms with Crippen molar-refractivity contribution in [1.29, 1.82) is 0 Å². The molecular weight excluding hydrogens is 442 g/mol. The Morgan fingerprint density at radius 1 is 0.943 bits per heavy atom. The van der Waals surface area contributed by atoms with Gasteiger partial charge in [0.2, 0.25) is 11.8 Å². The second-order valence-electron chi connectivity index (χ2n) is 11.4. The number of likely N-dealkylation sites (tertiary alicyclic amines) is 1. The maximum absolute atomic E-state index is 13.1. The molecule has 5 heterocycles. The van der Waals surface area contributed by atoms with Crippen LogP contribution in [0.5, 0.6) is 0 Å². The highest BCUT2D eigenvalue weighted by Gasteiger charge is 2.45. The molecule has 0 radical (unpaired) electrons. The van der Waals surface area contributed by atoms with Crippen molar-refractivity contribution in [3.05, 3.63) is 0 Å². The second-order valence-corrected chi connectivity index (χ2v) is 11.4. The number of amides is 2. The Bertz CT molecular complexity index is 716. The first-order valence-corrected chi connectivity index (χ1v) is 14.3. The molecule has 35 heavy (non-hydrogen) atoms. The number of hydrogen-bond acceptors (Lipinski definition) is 7. The number of piperazine rings is 1. The van der Waals surface area contributed by atoms with Crippen molar-refractivity contribution >= 4 is 11.8 Å². The quantitative estimate of drug-likeness (QED) is 0.485. The number of nitrogens with one attached hydrogen (secondary N) is 3. The molecule has 0 bridgehead atoms. The number of likely N-dealkylation sites (N-methyl/N-ethyl adjacent to an activating group) is 1. The first kappa shape index (κ1) is 25.4. The van der Waals surface area contributed by atoms with E-state index in [4.69, 9.17) is 0 Å². The lowest BCUT2D eigenvalue weighted by Gasteiger charge is -2.41. The van der Waals surface area contributed by atoms with Crippen LogP contribution in [0.4, 0.5) is 0 Å². The molecule has 5 atom stereocenters. The molecule has 198 valence electrons. The van der Waals surface area contributed by atoms with E-state index in [2.05, 4.69) is 42.6 Å². The number of nitrogens with zero attached hydrogens (tertiary/aromatic N) is 4. The van der Waals surface area contributed by atoms with Gasteiger partial charge in [0, 0.05) is 70.4 Å². The van der Waals surface area contributed by atoms with Crippen LogP contribution < -0.4 is 16.0 Å². The molecule has 0 aromatic heterocycles. The molecule has 5 aliphatic rings. The summed E-state index contributed by atoms with van der Waals surface area (Å²) in [5, 5.41) is 10.5. The molecule has 9 nitrogen and oxygen atoms in total. The molecule has 2 unspecified atom stereocenters. The molecule has 0 spiro atoms. The molecule has 9 heteroatoms.